The summed E-state index contributed by atoms with van der Waals surface area (Å²) < 4.78 is 0. The number of hydrogen-bond acceptors (Lipinski definition) is 2. The van der Waals surface area contributed by atoms with Crippen molar-refractivity contribution in [2.45, 2.75) is 32.7 Å². The van der Waals surface area contributed by atoms with Crippen molar-refractivity contribution in [2.24, 2.45) is 11.8 Å². The van der Waals surface area contributed by atoms with E-state index in [-0.39, 0.29) is 0 Å². The molecule has 0 spiro atoms. The first-order valence-electron chi connectivity index (χ1n) is 7.17. The lowest BCUT2D eigenvalue weighted by atomic mass is 9.91. The van der Waals surface area contributed by atoms with Crippen LogP contribution in [0.3, 0.4) is 0 Å². The van der Waals surface area contributed by atoms with Gasteiger partial charge in [0.15, 0.2) is 0 Å². The van der Waals surface area contributed by atoms with Crippen molar-refractivity contribution >= 4 is 0 Å². The van der Waals surface area contributed by atoms with Crippen molar-refractivity contribution in [3.63, 3.8) is 0 Å². The third-order valence-corrected chi connectivity index (χ3v) is 3.86. The van der Waals surface area contributed by atoms with E-state index in [1.165, 1.54) is 24.0 Å². The number of hydrogen-bond donors (Lipinski definition) is 2. The van der Waals surface area contributed by atoms with Gasteiger partial charge < -0.3 is 10.6 Å². The van der Waals surface area contributed by atoms with Crippen molar-refractivity contribution in [3.05, 3.63) is 35.4 Å². The average molecular weight is 246 g/mol. The SMILES string of the molecule is CNC(c1ccc(CC(C)C)cc1)C1CCNC1. The molecule has 0 saturated carbocycles. The van der Waals surface area contributed by atoms with Crippen molar-refractivity contribution in [3.8, 4) is 0 Å². The van der Waals surface area contributed by atoms with Crippen LogP contribution in [0.25, 0.3) is 0 Å². The summed E-state index contributed by atoms with van der Waals surface area (Å²) in [5.74, 6) is 1.46. The molecule has 1 saturated heterocycles. The zero-order valence-corrected chi connectivity index (χ0v) is 11.9. The fraction of sp³-hybridized carbons (Fsp3) is 0.625. The van der Waals surface area contributed by atoms with Gasteiger partial charge in [0, 0.05) is 6.04 Å². The molecular formula is C16H26N2. The summed E-state index contributed by atoms with van der Waals surface area (Å²) in [5.41, 5.74) is 2.88. The van der Waals surface area contributed by atoms with Crippen molar-refractivity contribution in [2.75, 3.05) is 20.1 Å². The molecular weight excluding hydrogens is 220 g/mol. The van der Waals surface area contributed by atoms with E-state index in [0.717, 1.165) is 24.9 Å². The first-order chi connectivity index (χ1) is 8.70. The second kappa shape index (κ2) is 6.35. The van der Waals surface area contributed by atoms with Crippen LogP contribution in [-0.2, 0) is 6.42 Å². The van der Waals surface area contributed by atoms with E-state index in [4.69, 9.17) is 0 Å². The highest BCUT2D eigenvalue weighted by Gasteiger charge is 2.24. The Hall–Kier alpha value is -0.860. The van der Waals surface area contributed by atoms with Gasteiger partial charge in [-0.05, 0) is 55.9 Å². The van der Waals surface area contributed by atoms with Gasteiger partial charge in [-0.15, -0.1) is 0 Å². The predicted octanol–water partition coefficient (Wildman–Crippen LogP) is 2.76. The van der Waals surface area contributed by atoms with Gasteiger partial charge in [0.25, 0.3) is 0 Å². The quantitative estimate of drug-likeness (QED) is 0.835. The van der Waals surface area contributed by atoms with Crippen LogP contribution in [0.1, 0.15) is 37.4 Å². The first kappa shape index (κ1) is 13.6. The molecule has 0 amide bonds. The zero-order chi connectivity index (χ0) is 13.0. The van der Waals surface area contributed by atoms with Crippen LogP contribution in [-0.4, -0.2) is 20.1 Å². The summed E-state index contributed by atoms with van der Waals surface area (Å²) in [5, 5.41) is 6.93. The minimum absolute atomic E-state index is 0.494. The Morgan fingerprint density at radius 1 is 1.28 bits per heavy atom. The van der Waals surface area contributed by atoms with Crippen LogP contribution in [0.2, 0.25) is 0 Å². The number of benzene rings is 1. The Labute approximate surface area is 111 Å². The molecule has 2 nitrogen and oxygen atoms in total. The Morgan fingerprint density at radius 2 is 2.00 bits per heavy atom. The summed E-state index contributed by atoms with van der Waals surface area (Å²) in [6.07, 6.45) is 2.45. The third-order valence-electron chi connectivity index (χ3n) is 3.86. The highest BCUT2D eigenvalue weighted by atomic mass is 15.0. The molecule has 100 valence electrons. The Morgan fingerprint density at radius 3 is 2.50 bits per heavy atom. The van der Waals surface area contributed by atoms with Gasteiger partial charge >= 0.3 is 0 Å². The summed E-state index contributed by atoms with van der Waals surface area (Å²) in [6, 6.07) is 9.69. The fourth-order valence-corrected chi connectivity index (χ4v) is 2.97. The van der Waals surface area contributed by atoms with Crippen LogP contribution >= 0.6 is 0 Å². The van der Waals surface area contributed by atoms with Crippen molar-refractivity contribution < 1.29 is 0 Å². The lowest BCUT2D eigenvalue weighted by Crippen LogP contribution is -2.26. The highest BCUT2D eigenvalue weighted by molar-refractivity contribution is 5.26. The monoisotopic (exact) mass is 246 g/mol. The molecule has 2 heteroatoms. The molecule has 1 aromatic carbocycles. The Bertz CT molecular complexity index is 350. The molecule has 0 aromatic heterocycles. The van der Waals surface area contributed by atoms with E-state index in [9.17, 15) is 0 Å². The Kier molecular flexibility index (Phi) is 4.79. The van der Waals surface area contributed by atoms with Crippen LogP contribution in [0.15, 0.2) is 24.3 Å². The molecule has 1 aliphatic rings. The number of rotatable bonds is 5. The molecule has 1 fully saturated rings. The van der Waals surface area contributed by atoms with Gasteiger partial charge in [-0.3, -0.25) is 0 Å². The van der Waals surface area contributed by atoms with E-state index in [1.54, 1.807) is 0 Å². The topological polar surface area (TPSA) is 24.1 Å². The van der Waals surface area contributed by atoms with Gasteiger partial charge in [0.2, 0.25) is 0 Å². The lowest BCUT2D eigenvalue weighted by molar-refractivity contribution is 0.410. The first-order valence-corrected chi connectivity index (χ1v) is 7.17. The van der Waals surface area contributed by atoms with Gasteiger partial charge in [0.1, 0.15) is 0 Å². The normalized spacial score (nSPS) is 21.4. The highest BCUT2D eigenvalue weighted by Crippen LogP contribution is 2.26. The van der Waals surface area contributed by atoms with Gasteiger partial charge in [-0.2, -0.15) is 0 Å². The largest absolute Gasteiger partial charge is 0.316 e. The van der Waals surface area contributed by atoms with Gasteiger partial charge in [0.05, 0.1) is 0 Å². The molecule has 2 unspecified atom stereocenters. The molecule has 0 aliphatic carbocycles. The van der Waals surface area contributed by atoms with E-state index < -0.39 is 0 Å². The van der Waals surface area contributed by atoms with E-state index in [2.05, 4.69) is 55.8 Å². The zero-order valence-electron chi connectivity index (χ0n) is 11.9. The molecule has 0 radical (unpaired) electrons. The second-order valence-electron chi connectivity index (χ2n) is 5.86. The summed E-state index contributed by atoms with van der Waals surface area (Å²) in [7, 11) is 2.07. The van der Waals surface area contributed by atoms with E-state index >= 15 is 0 Å². The molecule has 18 heavy (non-hydrogen) atoms. The maximum atomic E-state index is 3.48. The summed E-state index contributed by atoms with van der Waals surface area (Å²) in [4.78, 5) is 0. The average Bonchev–Trinajstić information content (AvgIpc) is 2.85. The standard InChI is InChI=1S/C16H26N2/c1-12(2)10-13-4-6-14(7-5-13)16(17-3)15-8-9-18-11-15/h4-7,12,15-18H,8-11H2,1-3H3. The van der Waals surface area contributed by atoms with Crippen LogP contribution in [0.5, 0.6) is 0 Å². The second-order valence-corrected chi connectivity index (χ2v) is 5.86. The fourth-order valence-electron chi connectivity index (χ4n) is 2.97. The molecule has 2 atom stereocenters. The minimum Gasteiger partial charge on any atom is -0.316 e. The van der Waals surface area contributed by atoms with Gasteiger partial charge in [-0.25, -0.2) is 0 Å². The summed E-state index contributed by atoms with van der Waals surface area (Å²) >= 11 is 0. The van der Waals surface area contributed by atoms with E-state index in [1.807, 2.05) is 0 Å². The van der Waals surface area contributed by atoms with Crippen molar-refractivity contribution in [1.29, 1.82) is 0 Å². The predicted molar refractivity (Wildman–Crippen MR) is 77.8 cm³/mol. The third kappa shape index (κ3) is 3.33. The van der Waals surface area contributed by atoms with E-state index in [0.29, 0.717) is 6.04 Å². The van der Waals surface area contributed by atoms with Gasteiger partial charge in [-0.1, -0.05) is 38.1 Å². The molecule has 1 aromatic rings. The Balaban J connectivity index is 2.06. The molecule has 1 aliphatic heterocycles. The van der Waals surface area contributed by atoms with Crippen LogP contribution < -0.4 is 10.6 Å². The minimum atomic E-state index is 0.494. The number of nitrogens with one attached hydrogen (secondary N) is 2. The molecule has 0 bridgehead atoms. The smallest absolute Gasteiger partial charge is 0.0358 e. The summed E-state index contributed by atoms with van der Waals surface area (Å²) in [6.45, 7) is 6.84. The maximum absolute atomic E-state index is 3.48. The lowest BCUT2D eigenvalue weighted by Gasteiger charge is -2.23. The molecule has 1 heterocycles. The van der Waals surface area contributed by atoms with Crippen LogP contribution in [0, 0.1) is 11.8 Å². The molecule has 2 N–H and O–H groups in total. The van der Waals surface area contributed by atoms with Crippen molar-refractivity contribution in [1.82, 2.24) is 10.6 Å². The van der Waals surface area contributed by atoms with Crippen LogP contribution in [0.4, 0.5) is 0 Å². The maximum Gasteiger partial charge on any atom is 0.0358 e. The molecule has 2 rings (SSSR count).